The highest BCUT2D eigenvalue weighted by molar-refractivity contribution is 7.98. The van der Waals surface area contributed by atoms with Crippen molar-refractivity contribution < 1.29 is 9.26 Å². The van der Waals surface area contributed by atoms with Crippen molar-refractivity contribution in [2.45, 2.75) is 24.4 Å². The first-order chi connectivity index (χ1) is 11.1. The second-order valence-electron chi connectivity index (χ2n) is 4.89. The molecule has 0 spiro atoms. The summed E-state index contributed by atoms with van der Waals surface area (Å²) in [6, 6.07) is 9.25. The number of rotatable bonds is 6. The number of thioether (sulfide) groups is 1. The van der Waals surface area contributed by atoms with E-state index in [-0.39, 0.29) is 0 Å². The van der Waals surface area contributed by atoms with Crippen LogP contribution in [-0.2, 0) is 19.4 Å². The molecule has 0 fully saturated rings. The Morgan fingerprint density at radius 3 is 2.87 bits per heavy atom. The van der Waals surface area contributed by atoms with Crippen LogP contribution in [0, 0.1) is 6.92 Å². The molecule has 3 aromatic rings. The Hall–Kier alpha value is -1.99. The highest BCUT2D eigenvalue weighted by Gasteiger charge is 2.12. The Morgan fingerprint density at radius 1 is 1.30 bits per heavy atom. The van der Waals surface area contributed by atoms with Crippen LogP contribution in [0.1, 0.15) is 17.3 Å². The van der Waals surface area contributed by atoms with Gasteiger partial charge in [-0.15, -0.1) is 10.2 Å². The quantitative estimate of drug-likeness (QED) is 0.632. The standard InChI is InChI=1S/C15H15ClN4O2S/c1-10-7-11(19-22-10)9-23-15-18-17-14(20(15)2)8-21-13-6-4-3-5-12(13)16/h3-7H,8-9H2,1-2H3. The van der Waals surface area contributed by atoms with Gasteiger partial charge in [0.15, 0.2) is 11.0 Å². The van der Waals surface area contributed by atoms with E-state index < -0.39 is 0 Å². The molecule has 0 aliphatic rings. The van der Waals surface area contributed by atoms with Gasteiger partial charge < -0.3 is 13.8 Å². The van der Waals surface area contributed by atoms with Crippen LogP contribution in [0.25, 0.3) is 0 Å². The number of hydrogen-bond acceptors (Lipinski definition) is 6. The molecule has 8 heteroatoms. The fraction of sp³-hybridized carbons (Fsp3) is 0.267. The number of aryl methyl sites for hydroxylation is 1. The highest BCUT2D eigenvalue weighted by Crippen LogP contribution is 2.25. The van der Waals surface area contributed by atoms with Crippen molar-refractivity contribution in [2.75, 3.05) is 0 Å². The highest BCUT2D eigenvalue weighted by atomic mass is 35.5. The summed E-state index contributed by atoms with van der Waals surface area (Å²) in [5, 5.41) is 13.7. The Morgan fingerprint density at radius 2 is 2.13 bits per heavy atom. The number of halogens is 1. The van der Waals surface area contributed by atoms with E-state index in [1.54, 1.807) is 17.8 Å². The number of nitrogens with zero attached hydrogens (tertiary/aromatic N) is 4. The van der Waals surface area contributed by atoms with Gasteiger partial charge in [0.2, 0.25) is 0 Å². The molecule has 0 aliphatic heterocycles. The maximum atomic E-state index is 6.07. The lowest BCUT2D eigenvalue weighted by Gasteiger charge is -2.07. The van der Waals surface area contributed by atoms with E-state index >= 15 is 0 Å². The van der Waals surface area contributed by atoms with Gasteiger partial charge in [0.25, 0.3) is 0 Å². The molecule has 3 rings (SSSR count). The summed E-state index contributed by atoms with van der Waals surface area (Å²) in [5.41, 5.74) is 0.879. The van der Waals surface area contributed by atoms with Gasteiger partial charge in [-0.2, -0.15) is 0 Å². The van der Waals surface area contributed by atoms with E-state index in [1.807, 2.05) is 42.8 Å². The predicted octanol–water partition coefficient (Wildman–Crippen LogP) is 3.64. The Balaban J connectivity index is 1.61. The lowest BCUT2D eigenvalue weighted by molar-refractivity contribution is 0.290. The molecule has 6 nitrogen and oxygen atoms in total. The van der Waals surface area contributed by atoms with Gasteiger partial charge >= 0.3 is 0 Å². The molecule has 0 N–H and O–H groups in total. The molecule has 0 saturated heterocycles. The van der Waals surface area contributed by atoms with Gasteiger partial charge in [-0.25, -0.2) is 0 Å². The van der Waals surface area contributed by atoms with E-state index in [1.165, 1.54) is 0 Å². The summed E-state index contributed by atoms with van der Waals surface area (Å²) >= 11 is 7.61. The normalized spacial score (nSPS) is 10.9. The number of para-hydroxylation sites is 1. The monoisotopic (exact) mass is 350 g/mol. The van der Waals surface area contributed by atoms with E-state index in [4.69, 9.17) is 20.9 Å². The van der Waals surface area contributed by atoms with Gasteiger partial charge in [0.05, 0.1) is 10.7 Å². The number of aromatic nitrogens is 4. The smallest absolute Gasteiger partial charge is 0.191 e. The summed E-state index contributed by atoms with van der Waals surface area (Å²) in [7, 11) is 1.90. The molecule has 0 radical (unpaired) electrons. The molecule has 0 unspecified atom stereocenters. The third-order valence-corrected chi connectivity index (χ3v) is 4.51. The zero-order chi connectivity index (χ0) is 16.2. The number of benzene rings is 1. The molecule has 0 atom stereocenters. The summed E-state index contributed by atoms with van der Waals surface area (Å²) < 4.78 is 12.6. The zero-order valence-corrected chi connectivity index (χ0v) is 14.3. The van der Waals surface area contributed by atoms with Crippen LogP contribution < -0.4 is 4.74 Å². The molecule has 0 bridgehead atoms. The van der Waals surface area contributed by atoms with Crippen molar-refractivity contribution in [3.8, 4) is 5.75 Å². The molecule has 1 aromatic carbocycles. The van der Waals surface area contributed by atoms with Crippen LogP contribution in [0.4, 0.5) is 0 Å². The zero-order valence-electron chi connectivity index (χ0n) is 12.7. The Labute approximate surface area is 142 Å². The summed E-state index contributed by atoms with van der Waals surface area (Å²) in [4.78, 5) is 0. The van der Waals surface area contributed by atoms with Gasteiger partial charge in [-0.05, 0) is 19.1 Å². The minimum atomic E-state index is 0.302. The largest absolute Gasteiger partial charge is 0.484 e. The fourth-order valence-electron chi connectivity index (χ4n) is 1.92. The van der Waals surface area contributed by atoms with Gasteiger partial charge in [-0.3, -0.25) is 0 Å². The van der Waals surface area contributed by atoms with Crippen molar-refractivity contribution in [1.82, 2.24) is 19.9 Å². The molecular weight excluding hydrogens is 336 g/mol. The second kappa shape index (κ2) is 7.06. The fourth-order valence-corrected chi connectivity index (χ4v) is 2.93. The molecule has 0 saturated carbocycles. The first-order valence-corrected chi connectivity index (χ1v) is 8.30. The summed E-state index contributed by atoms with van der Waals surface area (Å²) in [6.07, 6.45) is 0. The van der Waals surface area contributed by atoms with Crippen LogP contribution in [0.5, 0.6) is 5.75 Å². The van der Waals surface area contributed by atoms with E-state index in [2.05, 4.69) is 15.4 Å². The van der Waals surface area contributed by atoms with Gasteiger partial charge in [-0.1, -0.05) is 40.7 Å². The van der Waals surface area contributed by atoms with Crippen LogP contribution in [0.15, 0.2) is 40.0 Å². The minimum absolute atomic E-state index is 0.302. The number of ether oxygens (including phenoxy) is 1. The van der Waals surface area contributed by atoms with Crippen molar-refractivity contribution >= 4 is 23.4 Å². The average molecular weight is 351 g/mol. The lowest BCUT2D eigenvalue weighted by Crippen LogP contribution is -2.04. The van der Waals surface area contributed by atoms with Crippen molar-refractivity contribution in [2.24, 2.45) is 7.05 Å². The average Bonchev–Trinajstić information content (AvgIpc) is 3.11. The molecule has 2 aromatic heterocycles. The van der Waals surface area contributed by atoms with Gasteiger partial charge in [0.1, 0.15) is 18.1 Å². The summed E-state index contributed by atoms with van der Waals surface area (Å²) in [6.45, 7) is 2.17. The molecular formula is C15H15ClN4O2S. The van der Waals surface area contributed by atoms with Crippen LogP contribution >= 0.6 is 23.4 Å². The molecule has 0 amide bonds. The number of hydrogen-bond donors (Lipinski definition) is 0. The van der Waals surface area contributed by atoms with Gasteiger partial charge in [0, 0.05) is 18.9 Å². The lowest BCUT2D eigenvalue weighted by atomic mass is 10.3. The van der Waals surface area contributed by atoms with Crippen molar-refractivity contribution in [1.29, 1.82) is 0 Å². The van der Waals surface area contributed by atoms with E-state index in [0.29, 0.717) is 23.1 Å². The molecule has 120 valence electrons. The van der Waals surface area contributed by atoms with Crippen LogP contribution in [0.3, 0.4) is 0 Å². The minimum Gasteiger partial charge on any atom is -0.484 e. The summed E-state index contributed by atoms with van der Waals surface area (Å²) in [5.74, 6) is 2.83. The topological polar surface area (TPSA) is 66.0 Å². The van der Waals surface area contributed by atoms with Crippen LogP contribution in [0.2, 0.25) is 5.02 Å². The maximum Gasteiger partial charge on any atom is 0.191 e. The van der Waals surface area contributed by atoms with Crippen molar-refractivity contribution in [3.63, 3.8) is 0 Å². The third-order valence-electron chi connectivity index (χ3n) is 3.14. The SMILES string of the molecule is Cc1cc(CSc2nnc(COc3ccccc3Cl)n2C)no1. The van der Waals surface area contributed by atoms with E-state index in [0.717, 1.165) is 22.4 Å². The second-order valence-corrected chi connectivity index (χ2v) is 6.24. The first-order valence-electron chi connectivity index (χ1n) is 6.94. The predicted molar refractivity (Wildman–Crippen MR) is 87.6 cm³/mol. The van der Waals surface area contributed by atoms with Crippen LogP contribution in [-0.4, -0.2) is 19.9 Å². The maximum absolute atomic E-state index is 6.07. The third kappa shape index (κ3) is 3.86. The van der Waals surface area contributed by atoms with E-state index in [9.17, 15) is 0 Å². The Kier molecular flexibility index (Phi) is 4.88. The molecule has 0 aliphatic carbocycles. The van der Waals surface area contributed by atoms with Crippen molar-refractivity contribution in [3.05, 3.63) is 52.6 Å². The molecule has 2 heterocycles. The molecule has 23 heavy (non-hydrogen) atoms. The first kappa shape index (κ1) is 15.9. The Bertz CT molecular complexity index is 802.